The van der Waals surface area contributed by atoms with Crippen molar-refractivity contribution in [2.75, 3.05) is 25.0 Å². The van der Waals surface area contributed by atoms with E-state index in [2.05, 4.69) is 0 Å². The van der Waals surface area contributed by atoms with Crippen LogP contribution in [0, 0.1) is 0 Å². The van der Waals surface area contributed by atoms with E-state index in [1.165, 1.54) is 0 Å². The SMILES string of the molecule is ClCCOCc1ccc(COCCCl)o1. The van der Waals surface area contributed by atoms with Gasteiger partial charge in [0.1, 0.15) is 24.7 Å². The average Bonchev–Trinajstić information content (AvgIpc) is 2.67. The van der Waals surface area contributed by atoms with Crippen LogP contribution < -0.4 is 0 Å². The van der Waals surface area contributed by atoms with Crippen LogP contribution in [0.5, 0.6) is 0 Å². The maximum Gasteiger partial charge on any atom is 0.129 e. The molecule has 1 rings (SSSR count). The van der Waals surface area contributed by atoms with Gasteiger partial charge in [-0.05, 0) is 12.1 Å². The molecule has 0 atom stereocenters. The highest BCUT2D eigenvalue weighted by Gasteiger charge is 2.02. The second-order valence-corrected chi connectivity index (χ2v) is 3.61. The molecule has 0 amide bonds. The second-order valence-electron chi connectivity index (χ2n) is 2.85. The van der Waals surface area contributed by atoms with E-state index in [4.69, 9.17) is 37.1 Å². The minimum Gasteiger partial charge on any atom is -0.461 e. The second kappa shape index (κ2) is 7.99. The van der Waals surface area contributed by atoms with Crippen LogP contribution in [0.2, 0.25) is 0 Å². The quantitative estimate of drug-likeness (QED) is 0.527. The third-order valence-corrected chi connectivity index (χ3v) is 1.96. The van der Waals surface area contributed by atoms with Crippen LogP contribution in [0.25, 0.3) is 0 Å². The lowest BCUT2D eigenvalue weighted by atomic mass is 10.4. The van der Waals surface area contributed by atoms with Gasteiger partial charge in [0.15, 0.2) is 0 Å². The third kappa shape index (κ3) is 5.42. The van der Waals surface area contributed by atoms with Gasteiger partial charge in [0, 0.05) is 11.8 Å². The number of ether oxygens (including phenoxy) is 2. The lowest BCUT2D eigenvalue weighted by Crippen LogP contribution is -1.96. The molecule has 0 unspecified atom stereocenters. The number of rotatable bonds is 8. The molecule has 0 aliphatic rings. The molecule has 0 aliphatic heterocycles. The summed E-state index contributed by atoms with van der Waals surface area (Å²) in [6.07, 6.45) is 0. The van der Waals surface area contributed by atoms with E-state index < -0.39 is 0 Å². The van der Waals surface area contributed by atoms with Crippen LogP contribution >= 0.6 is 23.2 Å². The fraction of sp³-hybridized carbons (Fsp3) is 0.600. The maximum absolute atomic E-state index is 5.47. The molecule has 0 bridgehead atoms. The molecule has 0 saturated carbocycles. The molecule has 1 aromatic rings. The molecule has 86 valence electrons. The molecule has 3 nitrogen and oxygen atoms in total. The first kappa shape index (κ1) is 12.8. The Morgan fingerprint density at radius 2 is 1.40 bits per heavy atom. The van der Waals surface area contributed by atoms with Gasteiger partial charge in [-0.15, -0.1) is 23.2 Å². The zero-order valence-electron chi connectivity index (χ0n) is 8.38. The van der Waals surface area contributed by atoms with Crippen molar-refractivity contribution in [2.45, 2.75) is 13.2 Å². The summed E-state index contributed by atoms with van der Waals surface area (Å²) in [6.45, 7) is 1.95. The molecule has 5 heteroatoms. The fourth-order valence-electron chi connectivity index (χ4n) is 1.03. The summed E-state index contributed by atoms with van der Waals surface area (Å²) in [5, 5.41) is 0. The van der Waals surface area contributed by atoms with Crippen molar-refractivity contribution in [2.24, 2.45) is 0 Å². The van der Waals surface area contributed by atoms with E-state index in [9.17, 15) is 0 Å². The summed E-state index contributed by atoms with van der Waals surface area (Å²) in [7, 11) is 0. The van der Waals surface area contributed by atoms with Gasteiger partial charge in [-0.1, -0.05) is 0 Å². The molecule has 0 fully saturated rings. The normalized spacial score (nSPS) is 10.8. The molecule has 0 aliphatic carbocycles. The summed E-state index contributed by atoms with van der Waals surface area (Å²) in [5.74, 6) is 2.55. The van der Waals surface area contributed by atoms with E-state index in [-0.39, 0.29) is 0 Å². The van der Waals surface area contributed by atoms with Crippen LogP contribution in [0.3, 0.4) is 0 Å². The van der Waals surface area contributed by atoms with E-state index in [1.807, 2.05) is 12.1 Å². The van der Waals surface area contributed by atoms with E-state index in [1.54, 1.807) is 0 Å². The van der Waals surface area contributed by atoms with Crippen molar-refractivity contribution in [3.63, 3.8) is 0 Å². The molecule has 15 heavy (non-hydrogen) atoms. The molecule has 1 aromatic heterocycles. The Morgan fingerprint density at radius 3 is 1.80 bits per heavy atom. The Labute approximate surface area is 99.2 Å². The topological polar surface area (TPSA) is 31.6 Å². The van der Waals surface area contributed by atoms with Crippen molar-refractivity contribution in [1.82, 2.24) is 0 Å². The van der Waals surface area contributed by atoms with Gasteiger partial charge in [0.2, 0.25) is 0 Å². The first-order chi connectivity index (χ1) is 7.36. The van der Waals surface area contributed by atoms with E-state index in [0.29, 0.717) is 38.2 Å². The van der Waals surface area contributed by atoms with Gasteiger partial charge >= 0.3 is 0 Å². The number of hydrogen-bond acceptors (Lipinski definition) is 3. The standard InChI is InChI=1S/C10H14Cl2O3/c11-3-5-13-7-9-1-2-10(15-9)8-14-6-4-12/h1-2H,3-8H2. The lowest BCUT2D eigenvalue weighted by molar-refractivity contribution is 0.102. The highest BCUT2D eigenvalue weighted by atomic mass is 35.5. The van der Waals surface area contributed by atoms with Crippen molar-refractivity contribution in [3.05, 3.63) is 23.7 Å². The van der Waals surface area contributed by atoms with Crippen molar-refractivity contribution >= 4 is 23.2 Å². The predicted octanol–water partition coefficient (Wildman–Crippen LogP) is 2.79. The van der Waals surface area contributed by atoms with Gasteiger partial charge in [-0.25, -0.2) is 0 Å². The van der Waals surface area contributed by atoms with Crippen molar-refractivity contribution in [3.8, 4) is 0 Å². The van der Waals surface area contributed by atoms with Crippen molar-refractivity contribution < 1.29 is 13.9 Å². The van der Waals surface area contributed by atoms with Gasteiger partial charge < -0.3 is 13.9 Å². The zero-order valence-corrected chi connectivity index (χ0v) is 9.89. The minimum absolute atomic E-state index is 0.447. The molecule has 0 saturated heterocycles. The predicted molar refractivity (Wildman–Crippen MR) is 59.5 cm³/mol. The largest absolute Gasteiger partial charge is 0.461 e. The smallest absolute Gasteiger partial charge is 0.129 e. The fourth-order valence-corrected chi connectivity index (χ4v) is 1.25. The number of halogens is 2. The number of hydrogen-bond donors (Lipinski definition) is 0. The van der Waals surface area contributed by atoms with Gasteiger partial charge in [-0.2, -0.15) is 0 Å². The van der Waals surface area contributed by atoms with Crippen LogP contribution in [0.4, 0.5) is 0 Å². The van der Waals surface area contributed by atoms with Crippen LogP contribution in [-0.4, -0.2) is 25.0 Å². The first-order valence-electron chi connectivity index (χ1n) is 4.72. The monoisotopic (exact) mass is 252 g/mol. The summed E-state index contributed by atoms with van der Waals surface area (Å²) in [5.41, 5.74) is 0. The van der Waals surface area contributed by atoms with Crippen LogP contribution in [0.1, 0.15) is 11.5 Å². The zero-order chi connectivity index (χ0) is 10.9. The summed E-state index contributed by atoms with van der Waals surface area (Å²) in [6, 6.07) is 3.74. The Bertz CT molecular complexity index is 238. The molecule has 1 heterocycles. The van der Waals surface area contributed by atoms with Gasteiger partial charge in [0.25, 0.3) is 0 Å². The maximum atomic E-state index is 5.47. The Kier molecular flexibility index (Phi) is 6.85. The lowest BCUT2D eigenvalue weighted by Gasteiger charge is -1.99. The van der Waals surface area contributed by atoms with Crippen LogP contribution in [-0.2, 0) is 22.7 Å². The summed E-state index contributed by atoms with van der Waals surface area (Å²) >= 11 is 10.9. The highest BCUT2D eigenvalue weighted by molar-refractivity contribution is 6.18. The summed E-state index contributed by atoms with van der Waals surface area (Å²) in [4.78, 5) is 0. The number of furan rings is 1. The van der Waals surface area contributed by atoms with Gasteiger partial charge in [0.05, 0.1) is 13.2 Å². The van der Waals surface area contributed by atoms with E-state index >= 15 is 0 Å². The molecule has 0 spiro atoms. The Morgan fingerprint density at radius 1 is 0.933 bits per heavy atom. The molecular weight excluding hydrogens is 239 g/mol. The van der Waals surface area contributed by atoms with Gasteiger partial charge in [-0.3, -0.25) is 0 Å². The molecule has 0 aromatic carbocycles. The number of alkyl halides is 2. The Balaban J connectivity index is 2.23. The highest BCUT2D eigenvalue weighted by Crippen LogP contribution is 2.10. The molecule has 0 radical (unpaired) electrons. The third-order valence-electron chi connectivity index (χ3n) is 1.65. The first-order valence-corrected chi connectivity index (χ1v) is 5.78. The minimum atomic E-state index is 0.447. The Hall–Kier alpha value is -0.220. The summed E-state index contributed by atoms with van der Waals surface area (Å²) < 4.78 is 15.9. The molecular formula is C10H14Cl2O3. The van der Waals surface area contributed by atoms with Crippen LogP contribution in [0.15, 0.2) is 16.5 Å². The van der Waals surface area contributed by atoms with E-state index in [0.717, 1.165) is 11.5 Å². The average molecular weight is 253 g/mol. The molecule has 0 N–H and O–H groups in total. The van der Waals surface area contributed by atoms with Crippen molar-refractivity contribution in [1.29, 1.82) is 0 Å².